The van der Waals surface area contributed by atoms with Crippen molar-refractivity contribution in [1.29, 1.82) is 0 Å². The molecule has 2 aromatic carbocycles. The predicted molar refractivity (Wildman–Crippen MR) is 134 cm³/mol. The van der Waals surface area contributed by atoms with Gasteiger partial charge in [0.25, 0.3) is 0 Å². The van der Waals surface area contributed by atoms with E-state index in [1.54, 1.807) is 17.4 Å². The second-order valence-electron chi connectivity index (χ2n) is 8.20. The Morgan fingerprint density at radius 3 is 2.28 bits per heavy atom. The summed E-state index contributed by atoms with van der Waals surface area (Å²) in [5.74, 6) is 0. The quantitative estimate of drug-likeness (QED) is 0.368. The molecule has 0 N–H and O–H groups in total. The largest absolute Gasteiger partial charge is 0.348 e. The zero-order chi connectivity index (χ0) is 22.7. The lowest BCUT2D eigenvalue weighted by Crippen LogP contribution is -2.39. The third-order valence-corrected chi connectivity index (χ3v) is 9.43. The van der Waals surface area contributed by atoms with Crippen LogP contribution >= 0.6 is 34.5 Å². The first-order valence-electron chi connectivity index (χ1n) is 10.8. The van der Waals surface area contributed by atoms with Crippen LogP contribution in [-0.4, -0.2) is 31.7 Å². The van der Waals surface area contributed by atoms with E-state index in [1.807, 2.05) is 0 Å². The van der Waals surface area contributed by atoms with Crippen LogP contribution in [0.1, 0.15) is 43.0 Å². The van der Waals surface area contributed by atoms with Gasteiger partial charge in [0.1, 0.15) is 0 Å². The molecule has 0 saturated carbocycles. The van der Waals surface area contributed by atoms with Gasteiger partial charge in [-0.2, -0.15) is 0 Å². The molecular formula is C24H26Cl2N2O2S2. The monoisotopic (exact) mass is 508 g/mol. The third-order valence-electron chi connectivity index (χ3n) is 5.80. The highest BCUT2D eigenvalue weighted by Crippen LogP contribution is 2.31. The van der Waals surface area contributed by atoms with E-state index in [0.717, 1.165) is 30.1 Å². The van der Waals surface area contributed by atoms with Gasteiger partial charge in [-0.05, 0) is 48.6 Å². The van der Waals surface area contributed by atoms with Gasteiger partial charge < -0.3 is 4.90 Å². The van der Waals surface area contributed by atoms with Crippen LogP contribution in [0.15, 0.2) is 52.7 Å². The Labute approximate surface area is 204 Å². The predicted octanol–water partition coefficient (Wildman–Crippen LogP) is 6.44. The maximum atomic E-state index is 13.1. The number of hydrogen-bond acceptors (Lipinski definition) is 5. The summed E-state index contributed by atoms with van der Waals surface area (Å²) in [7, 11) is -3.47. The van der Waals surface area contributed by atoms with Crippen LogP contribution < -0.4 is 4.90 Å². The molecule has 0 spiro atoms. The number of thiazole rings is 1. The van der Waals surface area contributed by atoms with Crippen molar-refractivity contribution in [2.75, 3.05) is 18.0 Å². The Kier molecular flexibility index (Phi) is 7.45. The first-order valence-corrected chi connectivity index (χ1v) is 14.0. The smallest absolute Gasteiger partial charge is 0.185 e. The van der Waals surface area contributed by atoms with Crippen molar-refractivity contribution in [1.82, 2.24) is 4.98 Å². The average molecular weight is 510 g/mol. The number of anilines is 1. The van der Waals surface area contributed by atoms with E-state index in [0.29, 0.717) is 36.0 Å². The summed E-state index contributed by atoms with van der Waals surface area (Å²) in [4.78, 5) is 7.21. The highest BCUT2D eigenvalue weighted by atomic mass is 35.5. The molecular weight excluding hydrogens is 483 g/mol. The van der Waals surface area contributed by atoms with E-state index in [1.165, 1.54) is 23.3 Å². The molecule has 3 aromatic rings. The molecule has 0 atom stereocenters. The minimum atomic E-state index is -3.47. The van der Waals surface area contributed by atoms with Crippen LogP contribution in [-0.2, 0) is 22.7 Å². The Hall–Kier alpha value is -1.60. The van der Waals surface area contributed by atoms with Crippen LogP contribution in [0, 0.1) is 0 Å². The number of halogens is 2. The maximum absolute atomic E-state index is 13.1. The molecule has 1 aliphatic heterocycles. The number of piperidine rings is 1. The summed E-state index contributed by atoms with van der Waals surface area (Å²) in [6.07, 6.45) is 4.18. The van der Waals surface area contributed by atoms with Gasteiger partial charge in [-0.3, -0.25) is 0 Å². The van der Waals surface area contributed by atoms with Crippen molar-refractivity contribution < 1.29 is 8.42 Å². The molecule has 1 fully saturated rings. The van der Waals surface area contributed by atoms with Gasteiger partial charge in [-0.25, -0.2) is 13.4 Å². The average Bonchev–Trinajstić information content (AvgIpc) is 3.23. The lowest BCUT2D eigenvalue weighted by Gasteiger charge is -2.31. The fourth-order valence-electron chi connectivity index (χ4n) is 4.09. The van der Waals surface area contributed by atoms with Crippen molar-refractivity contribution in [3.63, 3.8) is 0 Å². The molecule has 32 heavy (non-hydrogen) atoms. The van der Waals surface area contributed by atoms with Gasteiger partial charge in [0.05, 0.1) is 15.8 Å². The summed E-state index contributed by atoms with van der Waals surface area (Å²) in [6, 6.07) is 13.3. The lowest BCUT2D eigenvalue weighted by molar-refractivity contribution is 0.529. The minimum Gasteiger partial charge on any atom is -0.348 e. The standard InChI is InChI=1S/C24H26Cl2N2O2S2/c1-2-3-17-4-6-18(7-5-17)12-21-16-31-24(27-21)28-10-8-22(9-11-28)32(29,30)23-14-19(25)13-20(26)15-23/h4-7,13-16,22H,2-3,8-12H2,1H3. The molecule has 0 radical (unpaired) electrons. The fourth-order valence-corrected chi connectivity index (χ4v) is 7.42. The molecule has 4 nitrogen and oxygen atoms in total. The van der Waals surface area contributed by atoms with Gasteiger partial charge in [-0.15, -0.1) is 11.3 Å². The Bertz CT molecular complexity index is 1150. The van der Waals surface area contributed by atoms with E-state index in [2.05, 4.69) is 41.5 Å². The normalized spacial score (nSPS) is 15.3. The Morgan fingerprint density at radius 2 is 1.66 bits per heavy atom. The van der Waals surface area contributed by atoms with Crippen LogP contribution in [0.4, 0.5) is 5.13 Å². The molecule has 0 unspecified atom stereocenters. The SMILES string of the molecule is CCCc1ccc(Cc2csc(N3CCC(S(=O)(=O)c4cc(Cl)cc(Cl)c4)CC3)n2)cc1. The van der Waals surface area contributed by atoms with Gasteiger partial charge in [0, 0.05) is 34.9 Å². The van der Waals surface area contributed by atoms with E-state index < -0.39 is 15.1 Å². The Morgan fingerprint density at radius 1 is 1.03 bits per heavy atom. The zero-order valence-electron chi connectivity index (χ0n) is 17.9. The summed E-state index contributed by atoms with van der Waals surface area (Å²) in [6.45, 7) is 3.52. The number of benzene rings is 2. The number of sulfone groups is 1. The molecule has 2 heterocycles. The fraction of sp³-hybridized carbons (Fsp3) is 0.375. The van der Waals surface area contributed by atoms with Crippen molar-refractivity contribution >= 4 is 49.5 Å². The molecule has 4 rings (SSSR count). The highest BCUT2D eigenvalue weighted by molar-refractivity contribution is 7.92. The molecule has 0 aliphatic carbocycles. The molecule has 1 aliphatic rings. The number of hydrogen-bond donors (Lipinski definition) is 0. The van der Waals surface area contributed by atoms with Crippen LogP contribution in [0.25, 0.3) is 0 Å². The molecule has 8 heteroatoms. The molecule has 1 aromatic heterocycles. The van der Waals surface area contributed by atoms with E-state index >= 15 is 0 Å². The van der Waals surface area contributed by atoms with Crippen LogP contribution in [0.2, 0.25) is 10.0 Å². The molecule has 0 bridgehead atoms. The number of aryl methyl sites for hydroxylation is 1. The molecule has 0 amide bonds. The topological polar surface area (TPSA) is 50.3 Å². The summed E-state index contributed by atoms with van der Waals surface area (Å²) in [5, 5.41) is 3.30. The van der Waals surface area contributed by atoms with E-state index in [9.17, 15) is 8.42 Å². The Balaban J connectivity index is 1.38. The highest BCUT2D eigenvalue weighted by Gasteiger charge is 2.32. The summed E-state index contributed by atoms with van der Waals surface area (Å²) >= 11 is 13.7. The molecule has 1 saturated heterocycles. The lowest BCUT2D eigenvalue weighted by atomic mass is 10.1. The van der Waals surface area contributed by atoms with Gasteiger partial charge in [0.2, 0.25) is 0 Å². The number of rotatable bonds is 7. The zero-order valence-corrected chi connectivity index (χ0v) is 21.1. The number of aromatic nitrogens is 1. The third kappa shape index (κ3) is 5.48. The first-order chi connectivity index (χ1) is 15.3. The first kappa shape index (κ1) is 23.6. The second-order valence-corrected chi connectivity index (χ2v) is 12.1. The summed E-state index contributed by atoms with van der Waals surface area (Å²) < 4.78 is 26.1. The van der Waals surface area contributed by atoms with E-state index in [4.69, 9.17) is 28.2 Å². The second kappa shape index (κ2) is 10.1. The van der Waals surface area contributed by atoms with E-state index in [-0.39, 0.29) is 4.90 Å². The minimum absolute atomic E-state index is 0.204. The van der Waals surface area contributed by atoms with Crippen LogP contribution in [0.5, 0.6) is 0 Å². The van der Waals surface area contributed by atoms with Gasteiger partial charge >= 0.3 is 0 Å². The van der Waals surface area contributed by atoms with Crippen molar-refractivity contribution in [2.45, 2.75) is 49.2 Å². The van der Waals surface area contributed by atoms with Crippen molar-refractivity contribution in [2.24, 2.45) is 0 Å². The van der Waals surface area contributed by atoms with Crippen molar-refractivity contribution in [3.05, 3.63) is 74.7 Å². The van der Waals surface area contributed by atoms with Gasteiger partial charge in [0.15, 0.2) is 15.0 Å². The van der Waals surface area contributed by atoms with Gasteiger partial charge in [-0.1, -0.05) is 60.8 Å². The molecule has 170 valence electrons. The maximum Gasteiger partial charge on any atom is 0.185 e. The number of nitrogens with zero attached hydrogens (tertiary/aromatic N) is 2. The summed E-state index contributed by atoms with van der Waals surface area (Å²) in [5.41, 5.74) is 3.68. The van der Waals surface area contributed by atoms with Crippen LogP contribution in [0.3, 0.4) is 0 Å². The van der Waals surface area contributed by atoms with Crippen molar-refractivity contribution in [3.8, 4) is 0 Å².